The third-order valence-electron chi connectivity index (χ3n) is 3.97. The largest absolute Gasteiger partial charge is 0.456 e. The smallest absolute Gasteiger partial charge is 0.261 e. The minimum absolute atomic E-state index is 0.0999. The Morgan fingerprint density at radius 2 is 1.54 bits per heavy atom. The van der Waals surface area contributed by atoms with Crippen LogP contribution < -0.4 is 10.2 Å². The molecule has 3 aromatic carbocycles. The molecule has 0 saturated heterocycles. The molecule has 130 valence electrons. The quantitative estimate of drug-likeness (QED) is 0.486. The average molecular weight is 430 g/mol. The minimum Gasteiger partial charge on any atom is -0.456 e. The van der Waals surface area contributed by atoms with Gasteiger partial charge in [0.25, 0.3) is 10.0 Å². The van der Waals surface area contributed by atoms with Crippen LogP contribution in [0.25, 0.3) is 21.9 Å². The molecular weight excluding hydrogens is 418 g/mol. The van der Waals surface area contributed by atoms with Gasteiger partial charge in [-0.3, -0.25) is 9.52 Å². The van der Waals surface area contributed by atoms with E-state index in [9.17, 15) is 13.2 Å². The Labute approximate surface area is 157 Å². The molecule has 1 heterocycles. The number of anilines is 1. The SMILES string of the molecule is O=c1c2ccccc2oc2cccc(NS(=O)(=O)c3ccc(Br)cc3)c12. The van der Waals surface area contributed by atoms with Crippen molar-refractivity contribution in [3.63, 3.8) is 0 Å². The molecule has 4 aromatic rings. The lowest BCUT2D eigenvalue weighted by Gasteiger charge is -2.11. The fraction of sp³-hybridized carbons (Fsp3) is 0. The monoisotopic (exact) mass is 429 g/mol. The second kappa shape index (κ2) is 6.26. The zero-order valence-electron chi connectivity index (χ0n) is 13.3. The van der Waals surface area contributed by atoms with Gasteiger partial charge in [-0.2, -0.15) is 0 Å². The van der Waals surface area contributed by atoms with Crippen LogP contribution in [0.4, 0.5) is 5.69 Å². The number of hydrogen-bond donors (Lipinski definition) is 1. The average Bonchev–Trinajstić information content (AvgIpc) is 2.62. The zero-order chi connectivity index (χ0) is 18.3. The molecule has 5 nitrogen and oxygen atoms in total. The first-order chi connectivity index (χ1) is 12.5. The van der Waals surface area contributed by atoms with Crippen LogP contribution in [0.5, 0.6) is 0 Å². The lowest BCUT2D eigenvalue weighted by Crippen LogP contribution is -2.15. The van der Waals surface area contributed by atoms with E-state index in [1.54, 1.807) is 54.6 Å². The summed E-state index contributed by atoms with van der Waals surface area (Å²) in [7, 11) is -3.84. The highest BCUT2D eigenvalue weighted by molar-refractivity contribution is 9.10. The molecule has 0 aliphatic carbocycles. The second-order valence-electron chi connectivity index (χ2n) is 5.67. The van der Waals surface area contributed by atoms with E-state index < -0.39 is 10.0 Å². The van der Waals surface area contributed by atoms with Crippen molar-refractivity contribution in [2.75, 3.05) is 4.72 Å². The van der Waals surface area contributed by atoms with Crippen molar-refractivity contribution in [3.8, 4) is 0 Å². The summed E-state index contributed by atoms with van der Waals surface area (Å²) in [6, 6.07) is 17.9. The molecule has 0 spiro atoms. The fourth-order valence-corrected chi connectivity index (χ4v) is 4.09. The lowest BCUT2D eigenvalue weighted by atomic mass is 10.1. The Balaban J connectivity index is 1.91. The molecule has 0 bridgehead atoms. The van der Waals surface area contributed by atoms with Crippen molar-refractivity contribution < 1.29 is 12.8 Å². The van der Waals surface area contributed by atoms with E-state index in [1.165, 1.54) is 12.1 Å². The van der Waals surface area contributed by atoms with Crippen molar-refractivity contribution >= 4 is 53.6 Å². The summed E-state index contributed by atoms with van der Waals surface area (Å²) in [6.07, 6.45) is 0. The van der Waals surface area contributed by atoms with Gasteiger partial charge in [-0.1, -0.05) is 34.1 Å². The number of rotatable bonds is 3. The Bertz CT molecular complexity index is 1290. The van der Waals surface area contributed by atoms with Gasteiger partial charge in [0, 0.05) is 4.47 Å². The molecule has 1 N–H and O–H groups in total. The first-order valence-electron chi connectivity index (χ1n) is 7.69. The van der Waals surface area contributed by atoms with Crippen molar-refractivity contribution in [2.24, 2.45) is 0 Å². The molecule has 7 heteroatoms. The molecule has 0 unspecified atom stereocenters. The van der Waals surface area contributed by atoms with E-state index in [2.05, 4.69) is 20.7 Å². The number of fused-ring (bicyclic) bond motifs is 2. The van der Waals surface area contributed by atoms with Gasteiger partial charge < -0.3 is 4.42 Å². The highest BCUT2D eigenvalue weighted by Gasteiger charge is 2.18. The fourth-order valence-electron chi connectivity index (χ4n) is 2.75. The van der Waals surface area contributed by atoms with Crippen molar-refractivity contribution in [3.05, 3.63) is 81.4 Å². The van der Waals surface area contributed by atoms with E-state index in [0.717, 1.165) is 4.47 Å². The van der Waals surface area contributed by atoms with E-state index in [4.69, 9.17) is 4.42 Å². The number of para-hydroxylation sites is 1. The molecule has 0 aliphatic heterocycles. The molecule has 0 atom stereocenters. The molecule has 0 radical (unpaired) electrons. The lowest BCUT2D eigenvalue weighted by molar-refractivity contribution is 0.601. The molecule has 0 amide bonds. The Hall–Kier alpha value is -2.64. The van der Waals surface area contributed by atoms with Crippen LogP contribution in [0.2, 0.25) is 0 Å². The summed E-state index contributed by atoms with van der Waals surface area (Å²) in [5.74, 6) is 0. The second-order valence-corrected chi connectivity index (χ2v) is 8.26. The van der Waals surface area contributed by atoms with Gasteiger partial charge in [0.1, 0.15) is 11.2 Å². The van der Waals surface area contributed by atoms with Gasteiger partial charge >= 0.3 is 0 Å². The summed E-state index contributed by atoms with van der Waals surface area (Å²) in [5, 5.41) is 0.599. The van der Waals surface area contributed by atoms with Gasteiger partial charge in [0.2, 0.25) is 5.43 Å². The van der Waals surface area contributed by atoms with E-state index in [1.807, 2.05) is 0 Å². The van der Waals surface area contributed by atoms with Gasteiger partial charge in [-0.15, -0.1) is 0 Å². The van der Waals surface area contributed by atoms with Crippen molar-refractivity contribution in [1.82, 2.24) is 0 Å². The third-order valence-corrected chi connectivity index (χ3v) is 5.88. The summed E-state index contributed by atoms with van der Waals surface area (Å²) >= 11 is 3.28. The molecule has 4 rings (SSSR count). The number of halogens is 1. The first-order valence-corrected chi connectivity index (χ1v) is 9.96. The van der Waals surface area contributed by atoms with Crippen LogP contribution in [-0.2, 0) is 10.0 Å². The van der Waals surface area contributed by atoms with Crippen LogP contribution in [-0.4, -0.2) is 8.42 Å². The maximum atomic E-state index is 12.9. The van der Waals surface area contributed by atoms with Crippen LogP contribution in [0.1, 0.15) is 0 Å². The maximum absolute atomic E-state index is 12.9. The predicted molar refractivity (Wildman–Crippen MR) is 105 cm³/mol. The summed E-state index contributed by atoms with van der Waals surface area (Å²) in [4.78, 5) is 13.0. The third kappa shape index (κ3) is 2.89. The van der Waals surface area contributed by atoms with Gasteiger partial charge in [-0.25, -0.2) is 8.42 Å². The summed E-state index contributed by atoms with van der Waals surface area (Å²) < 4.78 is 34.4. The predicted octanol–water partition coefficient (Wildman–Crippen LogP) is 4.51. The Kier molecular flexibility index (Phi) is 4.05. The standard InChI is InChI=1S/C19H12BrNO4S/c20-12-8-10-13(11-9-12)26(23,24)21-15-5-3-7-17-18(15)19(22)14-4-1-2-6-16(14)25-17/h1-11,21H. The highest BCUT2D eigenvalue weighted by atomic mass is 79.9. The topological polar surface area (TPSA) is 76.4 Å². The first kappa shape index (κ1) is 16.8. The summed E-state index contributed by atoms with van der Waals surface area (Å²) in [5.41, 5.74) is 0.684. The van der Waals surface area contributed by atoms with E-state index in [0.29, 0.717) is 16.6 Å². The van der Waals surface area contributed by atoms with Crippen molar-refractivity contribution in [1.29, 1.82) is 0 Å². The number of hydrogen-bond acceptors (Lipinski definition) is 4. The van der Waals surface area contributed by atoms with Crippen LogP contribution >= 0.6 is 15.9 Å². The molecule has 0 saturated carbocycles. The number of sulfonamides is 1. The van der Waals surface area contributed by atoms with Crippen LogP contribution in [0, 0.1) is 0 Å². The Morgan fingerprint density at radius 1 is 0.846 bits per heavy atom. The minimum atomic E-state index is -3.84. The van der Waals surface area contributed by atoms with Gasteiger partial charge in [0.15, 0.2) is 0 Å². The number of nitrogens with one attached hydrogen (secondary N) is 1. The molecular formula is C19H12BrNO4S. The normalized spacial score (nSPS) is 11.7. The van der Waals surface area contributed by atoms with E-state index >= 15 is 0 Å². The molecule has 1 aromatic heterocycles. The van der Waals surface area contributed by atoms with Crippen LogP contribution in [0.3, 0.4) is 0 Å². The van der Waals surface area contributed by atoms with Crippen LogP contribution in [0.15, 0.2) is 85.3 Å². The molecule has 0 aliphatic rings. The molecule has 0 fully saturated rings. The number of benzene rings is 3. The zero-order valence-corrected chi connectivity index (χ0v) is 15.7. The van der Waals surface area contributed by atoms with Crippen molar-refractivity contribution in [2.45, 2.75) is 4.90 Å². The Morgan fingerprint density at radius 3 is 2.31 bits per heavy atom. The van der Waals surface area contributed by atoms with Gasteiger partial charge in [-0.05, 0) is 48.5 Å². The van der Waals surface area contributed by atoms with E-state index in [-0.39, 0.29) is 21.4 Å². The summed E-state index contributed by atoms with van der Waals surface area (Å²) in [6.45, 7) is 0. The molecule has 26 heavy (non-hydrogen) atoms. The highest BCUT2D eigenvalue weighted by Crippen LogP contribution is 2.26. The maximum Gasteiger partial charge on any atom is 0.261 e. The van der Waals surface area contributed by atoms with Gasteiger partial charge in [0.05, 0.1) is 21.4 Å².